The first-order chi connectivity index (χ1) is 13.1. The van der Waals surface area contributed by atoms with E-state index in [9.17, 15) is 21.6 Å². The number of sulfonamides is 1. The number of piperazine rings is 1. The first-order valence-electron chi connectivity index (χ1n) is 8.52. The van der Waals surface area contributed by atoms with Crippen molar-refractivity contribution >= 4 is 21.6 Å². The summed E-state index contributed by atoms with van der Waals surface area (Å²) < 4.78 is 70.7. The molecule has 0 unspecified atom stereocenters. The summed E-state index contributed by atoms with van der Waals surface area (Å²) in [4.78, 5) is 5.60. The highest BCUT2D eigenvalue weighted by Gasteiger charge is 2.35. The van der Waals surface area contributed by atoms with Crippen LogP contribution in [-0.4, -0.2) is 53.9 Å². The Balaban J connectivity index is 1.71. The number of halogens is 4. The van der Waals surface area contributed by atoms with Crippen LogP contribution in [0.25, 0.3) is 0 Å². The zero-order chi connectivity index (χ0) is 20.5. The number of rotatable bonds is 5. The number of hydrogen-bond donors (Lipinski definition) is 0. The van der Waals surface area contributed by atoms with Gasteiger partial charge in [-0.1, -0.05) is 23.7 Å². The highest BCUT2D eigenvalue weighted by molar-refractivity contribution is 7.89. The Labute approximate surface area is 165 Å². The lowest BCUT2D eigenvalue weighted by Crippen LogP contribution is -2.48. The highest BCUT2D eigenvalue weighted by atomic mass is 35.5. The van der Waals surface area contributed by atoms with Crippen molar-refractivity contribution in [2.24, 2.45) is 0 Å². The molecule has 1 aromatic heterocycles. The van der Waals surface area contributed by atoms with Crippen molar-refractivity contribution < 1.29 is 26.1 Å². The SMILES string of the molecule is CCc1noc(CN2CCN(S(=O)(=O)c3cc(C(F)(F)F)ccc3Cl)CC2)n1. The van der Waals surface area contributed by atoms with Crippen LogP contribution in [0.3, 0.4) is 0 Å². The maximum absolute atomic E-state index is 12.9. The second kappa shape index (κ2) is 7.97. The third-order valence-electron chi connectivity index (χ3n) is 4.39. The maximum Gasteiger partial charge on any atom is 0.416 e. The van der Waals surface area contributed by atoms with Crippen LogP contribution >= 0.6 is 11.6 Å². The van der Waals surface area contributed by atoms with Gasteiger partial charge in [0.25, 0.3) is 0 Å². The molecule has 1 saturated heterocycles. The number of nitrogens with zero attached hydrogens (tertiary/aromatic N) is 4. The molecule has 28 heavy (non-hydrogen) atoms. The van der Waals surface area contributed by atoms with E-state index in [-0.39, 0.29) is 18.1 Å². The minimum absolute atomic E-state index is 0.115. The molecular formula is C16H18ClF3N4O3S. The fraction of sp³-hybridized carbons (Fsp3) is 0.500. The molecule has 0 spiro atoms. The number of hydrogen-bond acceptors (Lipinski definition) is 6. The molecule has 2 aromatic rings. The Morgan fingerprint density at radius 2 is 1.89 bits per heavy atom. The van der Waals surface area contributed by atoms with Crippen LogP contribution in [0.4, 0.5) is 13.2 Å². The Bertz CT molecular complexity index is 941. The summed E-state index contributed by atoms with van der Waals surface area (Å²) in [5.74, 6) is 1.03. The fourth-order valence-electron chi connectivity index (χ4n) is 2.83. The summed E-state index contributed by atoms with van der Waals surface area (Å²) >= 11 is 5.89. The van der Waals surface area contributed by atoms with Crippen molar-refractivity contribution in [3.63, 3.8) is 0 Å². The summed E-state index contributed by atoms with van der Waals surface area (Å²) in [6, 6.07) is 2.29. The molecule has 1 aromatic carbocycles. The van der Waals surface area contributed by atoms with Crippen LogP contribution in [0, 0.1) is 0 Å². The molecule has 12 heteroatoms. The summed E-state index contributed by atoms with van der Waals surface area (Å²) in [6.45, 7) is 3.26. The second-order valence-corrected chi connectivity index (χ2v) is 8.59. The lowest BCUT2D eigenvalue weighted by Gasteiger charge is -2.33. The van der Waals surface area contributed by atoms with Crippen LogP contribution in [0.5, 0.6) is 0 Å². The van der Waals surface area contributed by atoms with Gasteiger partial charge in [-0.3, -0.25) is 4.90 Å². The Kier molecular flexibility index (Phi) is 5.99. The highest BCUT2D eigenvalue weighted by Crippen LogP contribution is 2.34. The van der Waals surface area contributed by atoms with Crippen LogP contribution in [0.1, 0.15) is 24.2 Å². The van der Waals surface area contributed by atoms with E-state index in [1.165, 1.54) is 0 Å². The molecule has 154 valence electrons. The number of benzene rings is 1. The molecule has 0 amide bonds. The van der Waals surface area contributed by atoms with Gasteiger partial charge < -0.3 is 4.52 Å². The van der Waals surface area contributed by atoms with Gasteiger partial charge in [0, 0.05) is 32.6 Å². The molecule has 0 saturated carbocycles. The van der Waals surface area contributed by atoms with E-state index in [4.69, 9.17) is 16.1 Å². The van der Waals surface area contributed by atoms with Gasteiger partial charge in [-0.05, 0) is 18.2 Å². The maximum atomic E-state index is 12.9. The molecule has 0 N–H and O–H groups in total. The van der Waals surface area contributed by atoms with Crippen LogP contribution in [0.15, 0.2) is 27.6 Å². The van der Waals surface area contributed by atoms with Gasteiger partial charge in [0.15, 0.2) is 5.82 Å². The normalized spacial score (nSPS) is 17.2. The molecule has 7 nitrogen and oxygen atoms in total. The summed E-state index contributed by atoms with van der Waals surface area (Å²) in [5, 5.41) is 3.56. The molecule has 0 bridgehead atoms. The largest absolute Gasteiger partial charge is 0.416 e. The van der Waals surface area contributed by atoms with Crippen LogP contribution < -0.4 is 0 Å². The average Bonchev–Trinajstić information content (AvgIpc) is 3.09. The van der Waals surface area contributed by atoms with Crippen molar-refractivity contribution in [2.75, 3.05) is 26.2 Å². The van der Waals surface area contributed by atoms with E-state index >= 15 is 0 Å². The quantitative estimate of drug-likeness (QED) is 0.714. The zero-order valence-electron chi connectivity index (χ0n) is 14.9. The minimum atomic E-state index is -4.66. The number of aromatic nitrogens is 2. The minimum Gasteiger partial charge on any atom is -0.338 e. The topological polar surface area (TPSA) is 79.5 Å². The molecule has 0 aliphatic carbocycles. The predicted octanol–water partition coefficient (Wildman–Crippen LogP) is 2.81. The van der Waals surface area contributed by atoms with Gasteiger partial charge in [-0.15, -0.1) is 0 Å². The van der Waals surface area contributed by atoms with E-state index in [1.807, 2.05) is 11.8 Å². The van der Waals surface area contributed by atoms with E-state index in [0.717, 1.165) is 16.4 Å². The smallest absolute Gasteiger partial charge is 0.338 e. The first kappa shape index (κ1) is 21.0. The number of alkyl halides is 3. The standard InChI is InChI=1S/C16H18ClF3N4O3S/c1-2-14-21-15(27-22-14)10-23-5-7-24(8-6-23)28(25,26)13-9-11(16(18,19)20)3-4-12(13)17/h3-4,9H,2,5-8,10H2,1H3. The fourth-order valence-corrected chi connectivity index (χ4v) is 4.76. The van der Waals surface area contributed by atoms with Crippen molar-refractivity contribution in [1.29, 1.82) is 0 Å². The van der Waals surface area contributed by atoms with E-state index in [0.29, 0.717) is 43.8 Å². The molecule has 1 aliphatic rings. The first-order valence-corrected chi connectivity index (χ1v) is 10.3. The molecule has 0 radical (unpaired) electrons. The molecule has 0 atom stereocenters. The molecule has 3 rings (SSSR count). The zero-order valence-corrected chi connectivity index (χ0v) is 16.5. The van der Waals surface area contributed by atoms with Gasteiger partial charge in [0.2, 0.25) is 15.9 Å². The summed E-state index contributed by atoms with van der Waals surface area (Å²) in [7, 11) is -4.15. The van der Waals surface area contributed by atoms with E-state index in [2.05, 4.69) is 10.1 Å². The third-order valence-corrected chi connectivity index (χ3v) is 6.77. The lowest BCUT2D eigenvalue weighted by molar-refractivity contribution is -0.137. The van der Waals surface area contributed by atoms with Gasteiger partial charge in [-0.25, -0.2) is 8.42 Å². The predicted molar refractivity (Wildman–Crippen MR) is 94.2 cm³/mol. The molecular weight excluding hydrogens is 421 g/mol. The van der Waals surface area contributed by atoms with E-state index in [1.54, 1.807) is 0 Å². The van der Waals surface area contributed by atoms with Crippen molar-refractivity contribution in [3.05, 3.63) is 40.5 Å². The van der Waals surface area contributed by atoms with Crippen molar-refractivity contribution in [1.82, 2.24) is 19.3 Å². The Morgan fingerprint density at radius 1 is 1.21 bits per heavy atom. The van der Waals surface area contributed by atoms with Crippen LogP contribution in [-0.2, 0) is 29.2 Å². The third kappa shape index (κ3) is 4.48. The molecule has 1 fully saturated rings. The van der Waals surface area contributed by atoms with Crippen molar-refractivity contribution in [3.8, 4) is 0 Å². The second-order valence-electron chi connectivity index (χ2n) is 6.28. The van der Waals surface area contributed by atoms with E-state index < -0.39 is 26.7 Å². The number of aryl methyl sites for hydroxylation is 1. The van der Waals surface area contributed by atoms with Crippen molar-refractivity contribution in [2.45, 2.75) is 31.0 Å². The monoisotopic (exact) mass is 438 g/mol. The average molecular weight is 439 g/mol. The summed E-state index contributed by atoms with van der Waals surface area (Å²) in [6.07, 6.45) is -4.01. The molecule has 2 heterocycles. The Hall–Kier alpha value is -1.69. The molecule has 1 aliphatic heterocycles. The summed E-state index contributed by atoms with van der Waals surface area (Å²) in [5.41, 5.74) is -1.06. The lowest BCUT2D eigenvalue weighted by atomic mass is 10.2. The van der Waals surface area contributed by atoms with Gasteiger partial charge in [0.05, 0.1) is 17.1 Å². The van der Waals surface area contributed by atoms with Gasteiger partial charge in [0.1, 0.15) is 4.90 Å². The van der Waals surface area contributed by atoms with Gasteiger partial charge in [-0.2, -0.15) is 22.5 Å². The Morgan fingerprint density at radius 3 is 2.46 bits per heavy atom. The van der Waals surface area contributed by atoms with Crippen LogP contribution in [0.2, 0.25) is 5.02 Å². The van der Waals surface area contributed by atoms with Gasteiger partial charge >= 0.3 is 6.18 Å².